The van der Waals surface area contributed by atoms with Gasteiger partial charge in [-0.15, -0.1) is 0 Å². The highest BCUT2D eigenvalue weighted by Gasteiger charge is 2.03. The van der Waals surface area contributed by atoms with Crippen LogP contribution >= 0.6 is 31.9 Å². The standard InChI is InChI=1S/C12H11Br2N3O/c1-7-15-11(14)6-12(16-7)17-9-3-8(13)4-10(5-9)18-2/h3-6H,1-2H3,(H,15,16,17). The molecule has 6 heteroatoms. The molecule has 2 aromatic rings. The van der Waals surface area contributed by atoms with E-state index < -0.39 is 0 Å². The Hall–Kier alpha value is -1.14. The SMILES string of the molecule is COc1cc(Br)cc(Nc2cc(Br)nc(C)n2)c1. The fourth-order valence-corrected chi connectivity index (χ4v) is 2.44. The summed E-state index contributed by atoms with van der Waals surface area (Å²) in [4.78, 5) is 8.46. The van der Waals surface area contributed by atoms with Crippen molar-refractivity contribution in [2.45, 2.75) is 6.92 Å². The highest BCUT2D eigenvalue weighted by molar-refractivity contribution is 9.10. The van der Waals surface area contributed by atoms with Gasteiger partial charge >= 0.3 is 0 Å². The van der Waals surface area contributed by atoms with Crippen LogP contribution in [0.3, 0.4) is 0 Å². The van der Waals surface area contributed by atoms with Gasteiger partial charge in [-0.2, -0.15) is 0 Å². The van der Waals surface area contributed by atoms with Crippen molar-refractivity contribution >= 4 is 43.4 Å². The van der Waals surface area contributed by atoms with E-state index in [2.05, 4.69) is 47.1 Å². The van der Waals surface area contributed by atoms with Gasteiger partial charge in [0.1, 0.15) is 22.0 Å². The van der Waals surface area contributed by atoms with E-state index in [9.17, 15) is 0 Å². The number of anilines is 2. The number of aryl methyl sites for hydroxylation is 1. The molecule has 1 N–H and O–H groups in total. The number of methoxy groups -OCH3 is 1. The molecule has 94 valence electrons. The van der Waals surface area contributed by atoms with Crippen LogP contribution < -0.4 is 10.1 Å². The zero-order valence-electron chi connectivity index (χ0n) is 9.87. The quantitative estimate of drug-likeness (QED) is 0.825. The molecule has 1 aromatic heterocycles. The van der Waals surface area contributed by atoms with Crippen molar-refractivity contribution in [3.8, 4) is 5.75 Å². The van der Waals surface area contributed by atoms with E-state index >= 15 is 0 Å². The van der Waals surface area contributed by atoms with E-state index in [1.165, 1.54) is 0 Å². The van der Waals surface area contributed by atoms with Crippen molar-refractivity contribution in [3.63, 3.8) is 0 Å². The number of rotatable bonds is 3. The van der Waals surface area contributed by atoms with Gasteiger partial charge in [0, 0.05) is 22.3 Å². The van der Waals surface area contributed by atoms with Crippen LogP contribution in [0.5, 0.6) is 5.75 Å². The number of halogens is 2. The van der Waals surface area contributed by atoms with Crippen molar-refractivity contribution in [1.82, 2.24) is 9.97 Å². The van der Waals surface area contributed by atoms with E-state index in [1.807, 2.05) is 31.2 Å². The van der Waals surface area contributed by atoms with Crippen LogP contribution in [0.25, 0.3) is 0 Å². The summed E-state index contributed by atoms with van der Waals surface area (Å²) in [5.41, 5.74) is 0.895. The van der Waals surface area contributed by atoms with Gasteiger partial charge < -0.3 is 10.1 Å². The molecule has 0 fully saturated rings. The third-order valence-corrected chi connectivity index (χ3v) is 3.05. The van der Waals surface area contributed by atoms with Gasteiger partial charge in [0.15, 0.2) is 0 Å². The molecule has 0 saturated carbocycles. The third kappa shape index (κ3) is 3.43. The molecule has 4 nitrogen and oxygen atoms in total. The Kier molecular flexibility index (Phi) is 4.19. The lowest BCUT2D eigenvalue weighted by molar-refractivity contribution is 0.415. The van der Waals surface area contributed by atoms with Crippen molar-refractivity contribution in [1.29, 1.82) is 0 Å². The summed E-state index contributed by atoms with van der Waals surface area (Å²) in [6, 6.07) is 7.57. The van der Waals surface area contributed by atoms with Crippen LogP contribution in [0.15, 0.2) is 33.3 Å². The summed E-state index contributed by atoms with van der Waals surface area (Å²) in [7, 11) is 1.64. The first-order valence-electron chi connectivity index (χ1n) is 5.19. The molecule has 0 aliphatic heterocycles. The smallest absolute Gasteiger partial charge is 0.135 e. The largest absolute Gasteiger partial charge is 0.497 e. The highest BCUT2D eigenvalue weighted by atomic mass is 79.9. The van der Waals surface area contributed by atoms with Crippen molar-refractivity contribution in [3.05, 3.63) is 39.2 Å². The van der Waals surface area contributed by atoms with E-state index in [0.717, 1.165) is 26.3 Å². The molecule has 0 radical (unpaired) electrons. The average Bonchev–Trinajstić information content (AvgIpc) is 2.26. The average molecular weight is 373 g/mol. The maximum atomic E-state index is 5.21. The molecular weight excluding hydrogens is 362 g/mol. The fraction of sp³-hybridized carbons (Fsp3) is 0.167. The number of hydrogen-bond donors (Lipinski definition) is 1. The lowest BCUT2D eigenvalue weighted by atomic mass is 10.3. The maximum Gasteiger partial charge on any atom is 0.135 e. The zero-order chi connectivity index (χ0) is 13.1. The van der Waals surface area contributed by atoms with Gasteiger partial charge in [0.2, 0.25) is 0 Å². The number of nitrogens with zero attached hydrogens (tertiary/aromatic N) is 2. The molecule has 0 atom stereocenters. The first-order chi connectivity index (χ1) is 8.56. The van der Waals surface area contributed by atoms with Gasteiger partial charge in [0.25, 0.3) is 0 Å². The number of benzene rings is 1. The van der Waals surface area contributed by atoms with Crippen LogP contribution in [-0.2, 0) is 0 Å². The van der Waals surface area contributed by atoms with Crippen molar-refractivity contribution in [2.75, 3.05) is 12.4 Å². The monoisotopic (exact) mass is 371 g/mol. The third-order valence-electron chi connectivity index (χ3n) is 2.19. The topological polar surface area (TPSA) is 47.0 Å². The molecule has 1 aromatic carbocycles. The molecule has 0 spiro atoms. The Morgan fingerprint density at radius 2 is 1.89 bits per heavy atom. The summed E-state index contributed by atoms with van der Waals surface area (Å²) >= 11 is 6.78. The number of nitrogens with one attached hydrogen (secondary N) is 1. The predicted molar refractivity (Wildman–Crippen MR) is 78.4 cm³/mol. The van der Waals surface area contributed by atoms with E-state index in [1.54, 1.807) is 7.11 Å². The molecule has 0 unspecified atom stereocenters. The van der Waals surface area contributed by atoms with E-state index in [4.69, 9.17) is 4.74 Å². The van der Waals surface area contributed by atoms with E-state index in [-0.39, 0.29) is 0 Å². The zero-order valence-corrected chi connectivity index (χ0v) is 13.0. The van der Waals surface area contributed by atoms with Gasteiger partial charge in [-0.25, -0.2) is 9.97 Å². The Morgan fingerprint density at radius 3 is 2.56 bits per heavy atom. The Bertz CT molecular complexity index is 555. The maximum absolute atomic E-state index is 5.21. The number of aromatic nitrogens is 2. The van der Waals surface area contributed by atoms with Crippen molar-refractivity contribution < 1.29 is 4.74 Å². The molecule has 0 bridgehead atoms. The second-order valence-electron chi connectivity index (χ2n) is 3.63. The Balaban J connectivity index is 2.30. The molecule has 0 amide bonds. The van der Waals surface area contributed by atoms with E-state index in [0.29, 0.717) is 5.82 Å². The minimum absolute atomic E-state index is 0.703. The van der Waals surface area contributed by atoms with Gasteiger partial charge in [-0.05, 0) is 35.0 Å². The van der Waals surface area contributed by atoms with Gasteiger partial charge in [-0.1, -0.05) is 15.9 Å². The molecule has 2 rings (SSSR count). The number of ether oxygens (including phenoxy) is 1. The predicted octanol–water partition coefficient (Wildman–Crippen LogP) is 4.06. The molecular formula is C12H11Br2N3O. The second kappa shape index (κ2) is 5.67. The molecule has 0 saturated heterocycles. The number of hydrogen-bond acceptors (Lipinski definition) is 4. The summed E-state index contributed by atoms with van der Waals surface area (Å²) < 4.78 is 6.90. The van der Waals surface area contributed by atoms with Crippen LogP contribution in [0.2, 0.25) is 0 Å². The minimum atomic E-state index is 0.703. The molecule has 1 heterocycles. The molecule has 18 heavy (non-hydrogen) atoms. The Labute approximate surface area is 122 Å². The van der Waals surface area contributed by atoms with Crippen molar-refractivity contribution in [2.24, 2.45) is 0 Å². The fourth-order valence-electron chi connectivity index (χ4n) is 1.50. The summed E-state index contributed by atoms with van der Waals surface area (Å²) in [5.74, 6) is 2.21. The molecule has 0 aliphatic carbocycles. The van der Waals surface area contributed by atoms with Crippen LogP contribution in [-0.4, -0.2) is 17.1 Å². The Morgan fingerprint density at radius 1 is 1.11 bits per heavy atom. The first-order valence-corrected chi connectivity index (χ1v) is 6.78. The first kappa shape index (κ1) is 13.3. The van der Waals surface area contributed by atoms with Crippen LogP contribution in [0.1, 0.15) is 5.82 Å². The normalized spacial score (nSPS) is 10.2. The van der Waals surface area contributed by atoms with Crippen LogP contribution in [0, 0.1) is 6.92 Å². The minimum Gasteiger partial charge on any atom is -0.497 e. The second-order valence-corrected chi connectivity index (χ2v) is 5.36. The summed E-state index contributed by atoms with van der Waals surface area (Å²) in [5, 5.41) is 3.21. The lowest BCUT2D eigenvalue weighted by Crippen LogP contribution is -1.98. The summed E-state index contributed by atoms with van der Waals surface area (Å²) in [6.07, 6.45) is 0. The lowest BCUT2D eigenvalue weighted by Gasteiger charge is -2.09. The highest BCUT2D eigenvalue weighted by Crippen LogP contribution is 2.26. The summed E-state index contributed by atoms with van der Waals surface area (Å²) in [6.45, 7) is 1.84. The molecule has 0 aliphatic rings. The van der Waals surface area contributed by atoms with Gasteiger partial charge in [-0.3, -0.25) is 0 Å². The van der Waals surface area contributed by atoms with Crippen LogP contribution in [0.4, 0.5) is 11.5 Å². The van der Waals surface area contributed by atoms with Gasteiger partial charge in [0.05, 0.1) is 7.11 Å².